The minimum absolute atomic E-state index is 0.623. The number of hydrogen-bond donors (Lipinski definition) is 1. The minimum atomic E-state index is 0.623. The summed E-state index contributed by atoms with van der Waals surface area (Å²) in [6.07, 6.45) is 1.05. The number of methoxy groups -OCH3 is 1. The average molecular weight is 319 g/mol. The Morgan fingerprint density at radius 2 is 1.54 bits per heavy atom. The number of aromatic amines is 1. The Labute approximate surface area is 144 Å². The van der Waals surface area contributed by atoms with E-state index in [4.69, 9.17) is 4.74 Å². The summed E-state index contributed by atoms with van der Waals surface area (Å²) >= 11 is 0. The highest BCUT2D eigenvalue weighted by molar-refractivity contribution is 5.82. The summed E-state index contributed by atoms with van der Waals surface area (Å²) in [5.74, 6) is 1.51. The van der Waals surface area contributed by atoms with Gasteiger partial charge in [0.05, 0.1) is 12.8 Å². The predicted molar refractivity (Wildman–Crippen MR) is 101 cm³/mol. The van der Waals surface area contributed by atoms with Crippen molar-refractivity contribution in [3.63, 3.8) is 0 Å². The molecule has 0 saturated heterocycles. The first-order valence-corrected chi connectivity index (χ1v) is 8.50. The molecule has 124 valence electrons. The molecule has 0 atom stereocenters. The molecule has 0 spiro atoms. The molecule has 0 unspecified atom stereocenters. The number of ether oxygens (including phenoxy) is 1. The number of rotatable bonds is 5. The highest BCUT2D eigenvalue weighted by Crippen LogP contribution is 2.34. The molecule has 2 aromatic carbocycles. The molecule has 0 fully saturated rings. The molecule has 24 heavy (non-hydrogen) atoms. The van der Waals surface area contributed by atoms with Gasteiger partial charge in [-0.15, -0.1) is 0 Å². The van der Waals surface area contributed by atoms with Crippen LogP contribution < -0.4 is 4.74 Å². The molecule has 1 aromatic heterocycles. The molecule has 3 rings (SSSR count). The van der Waals surface area contributed by atoms with Crippen molar-refractivity contribution in [1.29, 1.82) is 0 Å². The third-order valence-electron chi connectivity index (χ3n) is 4.24. The molecule has 0 aliphatic rings. The van der Waals surface area contributed by atoms with Crippen LogP contribution >= 0.6 is 0 Å². The van der Waals surface area contributed by atoms with Crippen LogP contribution in [0.3, 0.4) is 0 Å². The smallest absolute Gasteiger partial charge is 0.118 e. The van der Waals surface area contributed by atoms with Gasteiger partial charge in [-0.2, -0.15) is 0 Å². The topological polar surface area (TPSA) is 25.0 Å². The van der Waals surface area contributed by atoms with Crippen LogP contribution in [0.2, 0.25) is 0 Å². The molecule has 0 bridgehead atoms. The fraction of sp³-hybridized carbons (Fsp3) is 0.273. The Balaban J connectivity index is 2.07. The lowest BCUT2D eigenvalue weighted by Crippen LogP contribution is -1.93. The van der Waals surface area contributed by atoms with E-state index in [0.717, 1.165) is 12.2 Å². The maximum atomic E-state index is 5.28. The summed E-state index contributed by atoms with van der Waals surface area (Å²) in [4.78, 5) is 3.64. The molecular formula is C22H25NO. The lowest BCUT2D eigenvalue weighted by molar-refractivity contribution is 0.415. The van der Waals surface area contributed by atoms with E-state index >= 15 is 0 Å². The molecule has 0 aliphatic carbocycles. The maximum absolute atomic E-state index is 5.28. The molecule has 1 heterocycles. The first-order valence-electron chi connectivity index (χ1n) is 8.50. The normalized spacial score (nSPS) is 11.0. The largest absolute Gasteiger partial charge is 0.497 e. The quantitative estimate of drug-likeness (QED) is 0.625. The standard InChI is InChI=1S/C22H25NO/c1-15(2)13-19-14-21(17-9-11-20(24-4)12-10-17)22(23-19)18-7-5-16(3)6-8-18/h5-12,14-15,23H,13H2,1-4H3. The van der Waals surface area contributed by atoms with Crippen LogP contribution in [-0.2, 0) is 6.42 Å². The van der Waals surface area contributed by atoms with E-state index in [1.54, 1.807) is 7.11 Å². The molecule has 0 radical (unpaired) electrons. The molecular weight excluding hydrogens is 294 g/mol. The van der Waals surface area contributed by atoms with E-state index in [0.29, 0.717) is 5.92 Å². The number of aryl methyl sites for hydroxylation is 1. The van der Waals surface area contributed by atoms with Crippen molar-refractivity contribution >= 4 is 0 Å². The van der Waals surface area contributed by atoms with Gasteiger partial charge in [-0.1, -0.05) is 55.8 Å². The van der Waals surface area contributed by atoms with Crippen LogP contribution in [0.25, 0.3) is 22.4 Å². The van der Waals surface area contributed by atoms with Crippen molar-refractivity contribution in [2.24, 2.45) is 5.92 Å². The van der Waals surface area contributed by atoms with Crippen molar-refractivity contribution in [1.82, 2.24) is 4.98 Å². The summed E-state index contributed by atoms with van der Waals surface area (Å²) in [7, 11) is 1.70. The fourth-order valence-corrected chi connectivity index (χ4v) is 3.01. The Kier molecular flexibility index (Phi) is 4.75. The number of benzene rings is 2. The molecule has 2 heteroatoms. The second kappa shape index (κ2) is 6.96. The monoisotopic (exact) mass is 319 g/mol. The van der Waals surface area contributed by atoms with Crippen LogP contribution in [0.15, 0.2) is 54.6 Å². The van der Waals surface area contributed by atoms with Crippen molar-refractivity contribution < 1.29 is 4.74 Å². The molecule has 3 aromatic rings. The summed E-state index contributed by atoms with van der Waals surface area (Å²) in [6, 6.07) is 19.3. The van der Waals surface area contributed by atoms with Gasteiger partial charge in [0.1, 0.15) is 5.75 Å². The van der Waals surface area contributed by atoms with Gasteiger partial charge in [0, 0.05) is 11.3 Å². The maximum Gasteiger partial charge on any atom is 0.118 e. The number of nitrogens with one attached hydrogen (secondary N) is 1. The Morgan fingerprint density at radius 1 is 0.917 bits per heavy atom. The lowest BCUT2D eigenvalue weighted by atomic mass is 10.00. The van der Waals surface area contributed by atoms with E-state index in [-0.39, 0.29) is 0 Å². The van der Waals surface area contributed by atoms with Crippen LogP contribution in [0, 0.1) is 12.8 Å². The van der Waals surface area contributed by atoms with Gasteiger partial charge in [0.15, 0.2) is 0 Å². The van der Waals surface area contributed by atoms with Crippen LogP contribution in [0.1, 0.15) is 25.1 Å². The zero-order valence-corrected chi connectivity index (χ0v) is 14.9. The SMILES string of the molecule is COc1ccc(-c2cc(CC(C)C)[nH]c2-c2ccc(C)cc2)cc1. The van der Waals surface area contributed by atoms with Gasteiger partial charge in [-0.25, -0.2) is 0 Å². The molecule has 0 saturated carbocycles. The molecule has 0 aliphatic heterocycles. The lowest BCUT2D eigenvalue weighted by Gasteiger charge is -2.06. The van der Waals surface area contributed by atoms with E-state index in [1.807, 2.05) is 12.1 Å². The zero-order chi connectivity index (χ0) is 17.1. The van der Waals surface area contributed by atoms with Gasteiger partial charge in [-0.3, -0.25) is 0 Å². The minimum Gasteiger partial charge on any atom is -0.497 e. The van der Waals surface area contributed by atoms with E-state index in [9.17, 15) is 0 Å². The van der Waals surface area contributed by atoms with E-state index < -0.39 is 0 Å². The fourth-order valence-electron chi connectivity index (χ4n) is 3.01. The first kappa shape index (κ1) is 16.4. The molecule has 1 N–H and O–H groups in total. The third-order valence-corrected chi connectivity index (χ3v) is 4.24. The number of H-pyrrole nitrogens is 1. The zero-order valence-electron chi connectivity index (χ0n) is 14.9. The van der Waals surface area contributed by atoms with Crippen molar-refractivity contribution in [2.45, 2.75) is 27.2 Å². The van der Waals surface area contributed by atoms with Gasteiger partial charge in [0.2, 0.25) is 0 Å². The van der Waals surface area contributed by atoms with E-state index in [2.05, 4.69) is 68.2 Å². The summed E-state index contributed by atoms with van der Waals surface area (Å²) in [6.45, 7) is 6.62. The van der Waals surface area contributed by atoms with Crippen LogP contribution in [-0.4, -0.2) is 12.1 Å². The second-order valence-electron chi connectivity index (χ2n) is 6.78. The summed E-state index contributed by atoms with van der Waals surface area (Å²) in [5.41, 5.74) is 7.43. The van der Waals surface area contributed by atoms with Crippen molar-refractivity contribution in [3.8, 4) is 28.1 Å². The van der Waals surface area contributed by atoms with Crippen LogP contribution in [0.5, 0.6) is 5.75 Å². The molecule has 2 nitrogen and oxygen atoms in total. The van der Waals surface area contributed by atoms with Gasteiger partial charge in [-0.05, 0) is 48.6 Å². The Hall–Kier alpha value is -2.48. The van der Waals surface area contributed by atoms with Crippen molar-refractivity contribution in [2.75, 3.05) is 7.11 Å². The highest BCUT2D eigenvalue weighted by atomic mass is 16.5. The van der Waals surface area contributed by atoms with Crippen molar-refractivity contribution in [3.05, 3.63) is 65.9 Å². The Morgan fingerprint density at radius 3 is 2.12 bits per heavy atom. The van der Waals surface area contributed by atoms with Crippen LogP contribution in [0.4, 0.5) is 0 Å². The second-order valence-corrected chi connectivity index (χ2v) is 6.78. The summed E-state index contributed by atoms with van der Waals surface area (Å²) < 4.78 is 5.28. The molecule has 0 amide bonds. The van der Waals surface area contributed by atoms with Gasteiger partial charge < -0.3 is 9.72 Å². The first-order chi connectivity index (χ1) is 11.6. The average Bonchev–Trinajstić information content (AvgIpc) is 2.98. The highest BCUT2D eigenvalue weighted by Gasteiger charge is 2.13. The Bertz CT molecular complexity index is 795. The van der Waals surface area contributed by atoms with E-state index in [1.165, 1.54) is 33.6 Å². The van der Waals surface area contributed by atoms with Gasteiger partial charge >= 0.3 is 0 Å². The predicted octanol–water partition coefficient (Wildman–Crippen LogP) is 5.86. The third kappa shape index (κ3) is 3.53. The number of hydrogen-bond acceptors (Lipinski definition) is 1. The summed E-state index contributed by atoms with van der Waals surface area (Å²) in [5, 5.41) is 0. The van der Waals surface area contributed by atoms with Gasteiger partial charge in [0.25, 0.3) is 0 Å². The number of aromatic nitrogens is 1.